The van der Waals surface area contributed by atoms with Crippen molar-refractivity contribution >= 4 is 6.09 Å². The molecule has 0 aromatic heterocycles. The molecule has 1 aliphatic heterocycles. The lowest BCUT2D eigenvalue weighted by Gasteiger charge is -2.49. The van der Waals surface area contributed by atoms with Gasteiger partial charge in [0, 0.05) is 13.1 Å². The third kappa shape index (κ3) is 3.84. The molecule has 106 valence electrons. The van der Waals surface area contributed by atoms with E-state index < -0.39 is 5.60 Å². The van der Waals surface area contributed by atoms with Crippen molar-refractivity contribution in [3.05, 3.63) is 0 Å². The van der Waals surface area contributed by atoms with Gasteiger partial charge in [0.1, 0.15) is 5.60 Å². The highest BCUT2D eigenvalue weighted by molar-refractivity contribution is 5.69. The predicted octanol–water partition coefficient (Wildman–Crippen LogP) is 1.89. The number of hydrogen-bond donors (Lipinski definition) is 1. The average molecular weight is 265 g/mol. The number of carbonyl (C=O) groups is 1. The molecule has 0 unspecified atom stereocenters. The van der Waals surface area contributed by atoms with Gasteiger partial charge in [-0.2, -0.15) is 5.26 Å². The first-order valence-corrected chi connectivity index (χ1v) is 6.93. The molecule has 0 atom stereocenters. The first kappa shape index (κ1) is 14.1. The average Bonchev–Trinajstić information content (AvgIpc) is 3.02. The lowest BCUT2D eigenvalue weighted by molar-refractivity contribution is -0.0157. The molecule has 1 heterocycles. The van der Waals surface area contributed by atoms with E-state index in [1.165, 1.54) is 12.8 Å². The Labute approximate surface area is 114 Å². The van der Waals surface area contributed by atoms with Crippen molar-refractivity contribution in [3.63, 3.8) is 0 Å². The molecule has 0 bridgehead atoms. The standard InChI is InChI=1S/C14H23N3O2/c1-13(2,3)19-12(18)17-9-14(10-17,6-7-15)16-8-11-4-5-11/h11,16H,4-6,8-10H2,1-3H3. The molecular weight excluding hydrogens is 242 g/mol. The summed E-state index contributed by atoms with van der Waals surface area (Å²) in [6, 6.07) is 2.22. The van der Waals surface area contributed by atoms with Crippen molar-refractivity contribution in [1.82, 2.24) is 10.2 Å². The molecule has 2 aliphatic rings. The highest BCUT2D eigenvalue weighted by atomic mass is 16.6. The minimum absolute atomic E-state index is 0.214. The molecule has 2 rings (SSSR count). The van der Waals surface area contributed by atoms with E-state index in [9.17, 15) is 4.79 Å². The van der Waals surface area contributed by atoms with Crippen LogP contribution in [0, 0.1) is 17.2 Å². The fourth-order valence-electron chi connectivity index (χ4n) is 2.26. The van der Waals surface area contributed by atoms with Gasteiger partial charge in [0.2, 0.25) is 0 Å². The molecule has 1 N–H and O–H groups in total. The Morgan fingerprint density at radius 3 is 2.58 bits per heavy atom. The number of carbonyl (C=O) groups excluding carboxylic acids is 1. The molecule has 0 aromatic carbocycles. The lowest BCUT2D eigenvalue weighted by Crippen LogP contribution is -2.70. The topological polar surface area (TPSA) is 65.4 Å². The first-order chi connectivity index (χ1) is 8.84. The van der Waals surface area contributed by atoms with Gasteiger partial charge in [-0.3, -0.25) is 0 Å². The molecule has 1 saturated heterocycles. The maximum atomic E-state index is 11.9. The summed E-state index contributed by atoms with van der Waals surface area (Å²) in [6.45, 7) is 7.68. The van der Waals surface area contributed by atoms with E-state index in [1.54, 1.807) is 4.90 Å². The number of nitriles is 1. The van der Waals surface area contributed by atoms with Crippen LogP contribution in [0.4, 0.5) is 4.79 Å². The Morgan fingerprint density at radius 1 is 1.47 bits per heavy atom. The van der Waals surface area contributed by atoms with Gasteiger partial charge >= 0.3 is 6.09 Å². The van der Waals surface area contributed by atoms with Gasteiger partial charge in [-0.25, -0.2) is 4.79 Å². The van der Waals surface area contributed by atoms with Crippen LogP contribution in [-0.2, 0) is 4.74 Å². The van der Waals surface area contributed by atoms with Gasteiger partial charge in [0.15, 0.2) is 0 Å². The highest BCUT2D eigenvalue weighted by Gasteiger charge is 2.46. The van der Waals surface area contributed by atoms with Crippen molar-refractivity contribution in [1.29, 1.82) is 5.26 Å². The lowest BCUT2D eigenvalue weighted by atomic mass is 9.87. The van der Waals surface area contributed by atoms with Crippen LogP contribution in [-0.4, -0.2) is 41.8 Å². The Kier molecular flexibility index (Phi) is 3.73. The Bertz CT molecular complexity index is 384. The number of nitrogens with zero attached hydrogens (tertiary/aromatic N) is 2. The zero-order valence-corrected chi connectivity index (χ0v) is 12.0. The largest absolute Gasteiger partial charge is 0.444 e. The van der Waals surface area contributed by atoms with Gasteiger partial charge in [-0.1, -0.05) is 0 Å². The normalized spacial score (nSPS) is 21.5. The van der Waals surface area contributed by atoms with Crippen LogP contribution in [0.15, 0.2) is 0 Å². The Morgan fingerprint density at radius 2 is 2.11 bits per heavy atom. The third-order valence-electron chi connectivity index (χ3n) is 3.52. The molecule has 1 amide bonds. The maximum absolute atomic E-state index is 11.9. The summed E-state index contributed by atoms with van der Waals surface area (Å²) in [4.78, 5) is 13.5. The van der Waals surface area contributed by atoms with E-state index in [2.05, 4.69) is 11.4 Å². The maximum Gasteiger partial charge on any atom is 0.410 e. The number of rotatable bonds is 4. The Balaban J connectivity index is 1.82. The SMILES string of the molecule is CC(C)(C)OC(=O)N1CC(CC#N)(NCC2CC2)C1. The van der Waals surface area contributed by atoms with Crippen LogP contribution in [0.3, 0.4) is 0 Å². The summed E-state index contributed by atoms with van der Waals surface area (Å²) in [5, 5.41) is 12.4. The number of ether oxygens (including phenoxy) is 1. The number of nitrogens with one attached hydrogen (secondary N) is 1. The molecule has 1 aliphatic carbocycles. The Hall–Kier alpha value is -1.28. The fraction of sp³-hybridized carbons (Fsp3) is 0.857. The number of likely N-dealkylation sites (tertiary alicyclic amines) is 1. The summed E-state index contributed by atoms with van der Waals surface area (Å²) in [5.41, 5.74) is -0.680. The zero-order chi connectivity index (χ0) is 14.1. The smallest absolute Gasteiger partial charge is 0.410 e. The molecule has 5 heteroatoms. The van der Waals surface area contributed by atoms with E-state index in [0.717, 1.165) is 12.5 Å². The van der Waals surface area contributed by atoms with Crippen molar-refractivity contribution in [2.24, 2.45) is 5.92 Å². The minimum Gasteiger partial charge on any atom is -0.444 e. The van der Waals surface area contributed by atoms with Crippen LogP contribution in [0.5, 0.6) is 0 Å². The molecule has 5 nitrogen and oxygen atoms in total. The van der Waals surface area contributed by atoms with Crippen LogP contribution in [0.1, 0.15) is 40.0 Å². The monoisotopic (exact) mass is 265 g/mol. The molecule has 0 spiro atoms. The van der Waals surface area contributed by atoms with E-state index in [1.807, 2.05) is 20.8 Å². The second-order valence-electron chi connectivity index (χ2n) is 6.78. The quantitative estimate of drug-likeness (QED) is 0.843. The fourth-order valence-corrected chi connectivity index (χ4v) is 2.26. The van der Waals surface area contributed by atoms with Crippen molar-refractivity contribution < 1.29 is 9.53 Å². The van der Waals surface area contributed by atoms with Crippen LogP contribution < -0.4 is 5.32 Å². The van der Waals surface area contributed by atoms with E-state index in [0.29, 0.717) is 19.5 Å². The summed E-state index contributed by atoms with van der Waals surface area (Å²) < 4.78 is 5.33. The molecule has 19 heavy (non-hydrogen) atoms. The van der Waals surface area contributed by atoms with Gasteiger partial charge in [-0.15, -0.1) is 0 Å². The van der Waals surface area contributed by atoms with Gasteiger partial charge in [-0.05, 0) is 46.1 Å². The van der Waals surface area contributed by atoms with Crippen molar-refractivity contribution in [2.45, 2.75) is 51.2 Å². The predicted molar refractivity (Wildman–Crippen MR) is 71.5 cm³/mol. The van der Waals surface area contributed by atoms with Gasteiger partial charge in [0.25, 0.3) is 0 Å². The summed E-state index contributed by atoms with van der Waals surface area (Å²) in [6.07, 6.45) is 2.73. The van der Waals surface area contributed by atoms with E-state index in [4.69, 9.17) is 10.00 Å². The number of hydrogen-bond acceptors (Lipinski definition) is 4. The highest BCUT2D eigenvalue weighted by Crippen LogP contribution is 2.31. The van der Waals surface area contributed by atoms with Gasteiger partial charge < -0.3 is 15.0 Å². The second kappa shape index (κ2) is 5.01. The second-order valence-corrected chi connectivity index (χ2v) is 6.78. The number of amides is 1. The summed E-state index contributed by atoms with van der Waals surface area (Å²) >= 11 is 0. The molecule has 0 aromatic rings. The summed E-state index contributed by atoms with van der Waals surface area (Å²) in [5.74, 6) is 0.770. The first-order valence-electron chi connectivity index (χ1n) is 6.93. The van der Waals surface area contributed by atoms with E-state index >= 15 is 0 Å². The molecule has 1 saturated carbocycles. The van der Waals surface area contributed by atoms with Crippen molar-refractivity contribution in [3.8, 4) is 6.07 Å². The molecule has 0 radical (unpaired) electrons. The minimum atomic E-state index is -0.466. The molecular formula is C14H23N3O2. The third-order valence-corrected chi connectivity index (χ3v) is 3.52. The van der Waals surface area contributed by atoms with Crippen molar-refractivity contribution in [2.75, 3.05) is 19.6 Å². The molecule has 2 fully saturated rings. The van der Waals surface area contributed by atoms with Gasteiger partial charge in [0.05, 0.1) is 18.0 Å². The summed E-state index contributed by atoms with van der Waals surface area (Å²) in [7, 11) is 0. The van der Waals surface area contributed by atoms with Crippen LogP contribution in [0.2, 0.25) is 0 Å². The zero-order valence-electron chi connectivity index (χ0n) is 12.0. The van der Waals surface area contributed by atoms with Crippen LogP contribution in [0.25, 0.3) is 0 Å². The van der Waals surface area contributed by atoms with Crippen LogP contribution >= 0.6 is 0 Å². The van der Waals surface area contributed by atoms with E-state index in [-0.39, 0.29) is 11.6 Å².